The van der Waals surface area contributed by atoms with Gasteiger partial charge in [-0.05, 0) is 62.4 Å². The van der Waals surface area contributed by atoms with Crippen LogP contribution in [-0.4, -0.2) is 5.97 Å². The van der Waals surface area contributed by atoms with E-state index >= 15 is 0 Å². The summed E-state index contributed by atoms with van der Waals surface area (Å²) in [5.41, 5.74) is 5.27. The molecule has 1 aromatic rings. The zero-order valence-corrected chi connectivity index (χ0v) is 12.3. The molecule has 0 aliphatic rings. The summed E-state index contributed by atoms with van der Waals surface area (Å²) in [5, 5.41) is 10.9. The maximum Gasteiger partial charge on any atom is 1.00 e. The van der Waals surface area contributed by atoms with Crippen LogP contribution in [0.25, 0.3) is 0 Å². The fourth-order valence-electron chi connectivity index (χ4n) is 1.81. The average Bonchev–Trinajstić information content (AvgIpc) is 2.11. The third-order valence-electron chi connectivity index (χ3n) is 3.20. The summed E-state index contributed by atoms with van der Waals surface area (Å²) in [4.78, 5) is 10.9. The SMILES string of the molecule is Cc1c(C)c(C)c(C(=O)[O-])c(C)c1C.[Na+]. The number of rotatable bonds is 1. The standard InChI is InChI=1S/C12H16O2.Na/c1-6-7(2)9(4)11(12(13)14)10(5)8(6)3;/h1-5H3,(H,13,14);/q;+1/p-1. The van der Waals surface area contributed by atoms with Crippen molar-refractivity contribution >= 4 is 5.97 Å². The van der Waals surface area contributed by atoms with Crippen molar-refractivity contribution in [2.24, 2.45) is 0 Å². The summed E-state index contributed by atoms with van der Waals surface area (Å²) < 4.78 is 0. The van der Waals surface area contributed by atoms with E-state index in [1.54, 1.807) is 0 Å². The molecule has 3 heteroatoms. The Bertz CT molecular complexity index is 380. The average molecular weight is 214 g/mol. The molecule has 76 valence electrons. The summed E-state index contributed by atoms with van der Waals surface area (Å²) in [6, 6.07) is 0. The van der Waals surface area contributed by atoms with Gasteiger partial charge in [0.05, 0.1) is 5.97 Å². The van der Waals surface area contributed by atoms with Gasteiger partial charge in [0.15, 0.2) is 0 Å². The Kier molecular flexibility index (Phi) is 5.04. The maximum atomic E-state index is 10.9. The van der Waals surface area contributed by atoms with Gasteiger partial charge in [-0.3, -0.25) is 0 Å². The first-order valence-corrected chi connectivity index (χ1v) is 4.66. The first-order valence-electron chi connectivity index (χ1n) is 4.66. The predicted octanol–water partition coefficient (Wildman–Crippen LogP) is -1.40. The molecule has 0 aliphatic heterocycles. The maximum absolute atomic E-state index is 10.9. The smallest absolute Gasteiger partial charge is 0.545 e. The van der Waals surface area contributed by atoms with Crippen molar-refractivity contribution in [1.82, 2.24) is 0 Å². The molecule has 0 aliphatic carbocycles. The zero-order chi connectivity index (χ0) is 11.0. The number of carbonyl (C=O) groups excluding carboxylic acids is 1. The van der Waals surface area contributed by atoms with Crippen molar-refractivity contribution in [2.75, 3.05) is 0 Å². The van der Waals surface area contributed by atoms with E-state index in [0.29, 0.717) is 5.56 Å². The monoisotopic (exact) mass is 214 g/mol. The molecule has 2 nitrogen and oxygen atoms in total. The molecule has 0 bridgehead atoms. The number of carboxylic acids is 1. The quantitative estimate of drug-likeness (QED) is 0.539. The van der Waals surface area contributed by atoms with Crippen LogP contribution in [0.4, 0.5) is 0 Å². The normalized spacial score (nSPS) is 9.67. The van der Waals surface area contributed by atoms with Gasteiger partial charge in [0.2, 0.25) is 0 Å². The van der Waals surface area contributed by atoms with E-state index in [0.717, 1.165) is 22.3 Å². The molecule has 0 amide bonds. The van der Waals surface area contributed by atoms with Crippen LogP contribution in [0, 0.1) is 34.6 Å². The van der Waals surface area contributed by atoms with Gasteiger partial charge in [-0.25, -0.2) is 0 Å². The van der Waals surface area contributed by atoms with Gasteiger partial charge >= 0.3 is 29.6 Å². The van der Waals surface area contributed by atoms with Crippen LogP contribution in [0.15, 0.2) is 0 Å². The molecule has 15 heavy (non-hydrogen) atoms. The van der Waals surface area contributed by atoms with Crippen LogP contribution in [0.3, 0.4) is 0 Å². The molecule has 1 aromatic carbocycles. The number of hydrogen-bond donors (Lipinski definition) is 0. The molecule has 0 fully saturated rings. The molecule has 0 atom stereocenters. The largest absolute Gasteiger partial charge is 1.00 e. The summed E-state index contributed by atoms with van der Waals surface area (Å²) >= 11 is 0. The van der Waals surface area contributed by atoms with Crippen LogP contribution in [-0.2, 0) is 0 Å². The van der Waals surface area contributed by atoms with Gasteiger partial charge in [-0.15, -0.1) is 0 Å². The van der Waals surface area contributed by atoms with Crippen LogP contribution in [0.2, 0.25) is 0 Å². The second kappa shape index (κ2) is 5.15. The molecule has 0 saturated carbocycles. The van der Waals surface area contributed by atoms with Gasteiger partial charge in [-0.1, -0.05) is 0 Å². The van der Waals surface area contributed by atoms with E-state index in [1.807, 2.05) is 34.6 Å². The van der Waals surface area contributed by atoms with Crippen molar-refractivity contribution in [3.8, 4) is 0 Å². The van der Waals surface area contributed by atoms with Crippen LogP contribution < -0.4 is 34.7 Å². The topological polar surface area (TPSA) is 40.1 Å². The minimum atomic E-state index is -1.08. The third-order valence-corrected chi connectivity index (χ3v) is 3.20. The molecule has 0 unspecified atom stereocenters. The van der Waals surface area contributed by atoms with Crippen LogP contribution in [0.1, 0.15) is 38.2 Å². The number of aromatic carboxylic acids is 1. The van der Waals surface area contributed by atoms with E-state index in [2.05, 4.69) is 0 Å². The second-order valence-corrected chi connectivity index (χ2v) is 3.79. The summed E-state index contributed by atoms with van der Waals surface area (Å²) in [6.45, 7) is 9.58. The molecule has 0 N–H and O–H groups in total. The molecule has 0 radical (unpaired) electrons. The Hall–Kier alpha value is -0.310. The molecule has 0 saturated heterocycles. The van der Waals surface area contributed by atoms with Crippen molar-refractivity contribution in [3.05, 3.63) is 33.4 Å². The van der Waals surface area contributed by atoms with Gasteiger partial charge in [-0.2, -0.15) is 0 Å². The number of benzene rings is 1. The third kappa shape index (κ3) is 2.44. The molecule has 0 aromatic heterocycles. The Morgan fingerprint density at radius 2 is 1.07 bits per heavy atom. The number of carboxylic acid groups (broad SMARTS) is 1. The zero-order valence-electron chi connectivity index (χ0n) is 10.3. The Morgan fingerprint density at radius 3 is 1.33 bits per heavy atom. The summed E-state index contributed by atoms with van der Waals surface area (Å²) in [6.07, 6.45) is 0. The van der Waals surface area contributed by atoms with Crippen molar-refractivity contribution < 1.29 is 39.5 Å². The van der Waals surface area contributed by atoms with E-state index < -0.39 is 5.97 Å². The van der Waals surface area contributed by atoms with E-state index in [1.165, 1.54) is 5.56 Å². The van der Waals surface area contributed by atoms with Crippen LogP contribution in [0.5, 0.6) is 0 Å². The molecule has 0 heterocycles. The molecular weight excluding hydrogens is 199 g/mol. The van der Waals surface area contributed by atoms with Crippen molar-refractivity contribution in [3.63, 3.8) is 0 Å². The first kappa shape index (κ1) is 14.7. The predicted molar refractivity (Wildman–Crippen MR) is 54.5 cm³/mol. The van der Waals surface area contributed by atoms with E-state index in [9.17, 15) is 9.90 Å². The van der Waals surface area contributed by atoms with Crippen molar-refractivity contribution in [1.29, 1.82) is 0 Å². The Morgan fingerprint density at radius 1 is 0.800 bits per heavy atom. The van der Waals surface area contributed by atoms with E-state index in [4.69, 9.17) is 0 Å². The number of hydrogen-bond acceptors (Lipinski definition) is 2. The van der Waals surface area contributed by atoms with Crippen molar-refractivity contribution in [2.45, 2.75) is 34.6 Å². The Balaban J connectivity index is 0.00000196. The molecular formula is C12H15NaO2. The Labute approximate surface area is 113 Å². The van der Waals surface area contributed by atoms with Gasteiger partial charge in [0.1, 0.15) is 0 Å². The summed E-state index contributed by atoms with van der Waals surface area (Å²) in [5.74, 6) is -1.08. The second-order valence-electron chi connectivity index (χ2n) is 3.79. The fraction of sp³-hybridized carbons (Fsp3) is 0.417. The van der Waals surface area contributed by atoms with Crippen LogP contribution >= 0.6 is 0 Å². The molecule has 0 spiro atoms. The fourth-order valence-corrected chi connectivity index (χ4v) is 1.81. The first-order chi connectivity index (χ1) is 6.37. The minimum Gasteiger partial charge on any atom is -0.545 e. The molecule has 1 rings (SSSR count). The van der Waals surface area contributed by atoms with E-state index in [-0.39, 0.29) is 29.6 Å². The van der Waals surface area contributed by atoms with Gasteiger partial charge in [0, 0.05) is 5.56 Å². The van der Waals surface area contributed by atoms with Gasteiger partial charge < -0.3 is 9.90 Å². The number of carbonyl (C=O) groups is 1. The minimum absolute atomic E-state index is 0. The van der Waals surface area contributed by atoms with Gasteiger partial charge in [0.25, 0.3) is 0 Å². The summed E-state index contributed by atoms with van der Waals surface area (Å²) in [7, 11) is 0.